The number of nitrogens with zero attached hydrogens (tertiary/aromatic N) is 1. The van der Waals surface area contributed by atoms with E-state index in [2.05, 4.69) is 0 Å². The molecule has 1 saturated carbocycles. The van der Waals surface area contributed by atoms with Crippen LogP contribution in [0.3, 0.4) is 0 Å². The molecule has 0 aromatic heterocycles. The van der Waals surface area contributed by atoms with Gasteiger partial charge in [-0.3, -0.25) is 4.79 Å². The highest BCUT2D eigenvalue weighted by Gasteiger charge is 2.56. The van der Waals surface area contributed by atoms with Gasteiger partial charge in [-0.25, -0.2) is 0 Å². The first-order valence-electron chi connectivity index (χ1n) is 6.52. The summed E-state index contributed by atoms with van der Waals surface area (Å²) in [6.07, 6.45) is 1.84. The van der Waals surface area contributed by atoms with E-state index in [1.54, 1.807) is 4.90 Å². The van der Waals surface area contributed by atoms with Crippen molar-refractivity contribution in [1.29, 1.82) is 0 Å². The molecule has 0 aromatic carbocycles. The molecule has 1 aliphatic heterocycles. The molecule has 2 atom stereocenters. The molecule has 1 heterocycles. The number of carbonyl (C=O) groups excluding carboxylic acids is 1. The van der Waals surface area contributed by atoms with Gasteiger partial charge >= 0.3 is 0 Å². The number of ether oxygens (including phenoxy) is 1. The number of aliphatic hydroxyl groups excluding tert-OH is 2. The van der Waals surface area contributed by atoms with Crippen molar-refractivity contribution in [2.45, 2.75) is 31.5 Å². The van der Waals surface area contributed by atoms with E-state index in [1.807, 2.05) is 0 Å². The van der Waals surface area contributed by atoms with Crippen LogP contribution in [-0.2, 0) is 9.53 Å². The highest BCUT2D eigenvalue weighted by atomic mass is 16.5. The first kappa shape index (κ1) is 13.7. The van der Waals surface area contributed by atoms with E-state index >= 15 is 0 Å². The van der Waals surface area contributed by atoms with Gasteiger partial charge in [0.15, 0.2) is 0 Å². The lowest BCUT2D eigenvalue weighted by Gasteiger charge is -2.56. The number of likely N-dealkylation sites (tertiary alicyclic amines) is 1. The number of nitrogens with two attached hydrogens (primary N) is 1. The molecule has 0 aromatic rings. The zero-order valence-corrected chi connectivity index (χ0v) is 10.5. The Morgan fingerprint density at radius 1 is 1.44 bits per heavy atom. The third-order valence-corrected chi connectivity index (χ3v) is 4.36. The molecular weight excluding hydrogens is 236 g/mol. The zero-order valence-electron chi connectivity index (χ0n) is 10.5. The lowest BCUT2D eigenvalue weighted by molar-refractivity contribution is -0.210. The van der Waals surface area contributed by atoms with E-state index in [-0.39, 0.29) is 23.5 Å². The summed E-state index contributed by atoms with van der Waals surface area (Å²) in [5, 5.41) is 18.8. The summed E-state index contributed by atoms with van der Waals surface area (Å²) in [4.78, 5) is 13.0. The predicted octanol–water partition coefficient (Wildman–Crippen LogP) is -1.30. The fourth-order valence-electron chi connectivity index (χ4n) is 3.10. The maximum Gasteiger partial charge on any atom is 0.248 e. The Labute approximate surface area is 107 Å². The Hall–Kier alpha value is -0.690. The molecular formula is C12H22N2O4. The van der Waals surface area contributed by atoms with Crippen molar-refractivity contribution in [3.63, 3.8) is 0 Å². The minimum absolute atomic E-state index is 0.0578. The maximum absolute atomic E-state index is 11.4. The third-order valence-electron chi connectivity index (χ3n) is 4.36. The summed E-state index contributed by atoms with van der Waals surface area (Å²) in [5.74, 6) is -0.238. The molecule has 2 rings (SSSR count). The minimum atomic E-state index is -0.442. The third kappa shape index (κ3) is 2.25. The number of hydrogen-bond acceptors (Lipinski definition) is 5. The number of hydrogen-bond donors (Lipinski definition) is 3. The molecule has 1 aliphatic carbocycles. The second kappa shape index (κ2) is 5.52. The van der Waals surface area contributed by atoms with Gasteiger partial charge in [0, 0.05) is 31.5 Å². The maximum atomic E-state index is 11.4. The normalized spacial score (nSPS) is 30.3. The van der Waals surface area contributed by atoms with E-state index < -0.39 is 6.61 Å². The quantitative estimate of drug-likeness (QED) is 0.582. The molecule has 0 radical (unpaired) electrons. The second-order valence-electron chi connectivity index (χ2n) is 5.17. The van der Waals surface area contributed by atoms with Crippen molar-refractivity contribution in [3.8, 4) is 0 Å². The van der Waals surface area contributed by atoms with Crippen LogP contribution in [0.1, 0.15) is 19.3 Å². The van der Waals surface area contributed by atoms with E-state index in [0.29, 0.717) is 32.7 Å². The van der Waals surface area contributed by atoms with Crippen molar-refractivity contribution in [3.05, 3.63) is 0 Å². The van der Waals surface area contributed by atoms with E-state index in [1.165, 1.54) is 0 Å². The van der Waals surface area contributed by atoms with Gasteiger partial charge in [-0.15, -0.1) is 0 Å². The van der Waals surface area contributed by atoms with Crippen LogP contribution in [0.25, 0.3) is 0 Å². The van der Waals surface area contributed by atoms with Crippen LogP contribution >= 0.6 is 0 Å². The van der Waals surface area contributed by atoms with Crippen LogP contribution < -0.4 is 5.73 Å². The number of carbonyl (C=O) groups is 1. The van der Waals surface area contributed by atoms with E-state index in [0.717, 1.165) is 12.8 Å². The van der Waals surface area contributed by atoms with Gasteiger partial charge in [-0.1, -0.05) is 0 Å². The van der Waals surface area contributed by atoms with Crippen molar-refractivity contribution in [2.75, 3.05) is 32.8 Å². The highest BCUT2D eigenvalue weighted by molar-refractivity contribution is 5.77. The number of aliphatic hydroxyl groups is 2. The Morgan fingerprint density at radius 2 is 2.11 bits per heavy atom. The molecule has 1 amide bonds. The van der Waals surface area contributed by atoms with E-state index in [9.17, 15) is 9.90 Å². The van der Waals surface area contributed by atoms with Gasteiger partial charge in [0.05, 0.1) is 18.8 Å². The number of amides is 1. The monoisotopic (exact) mass is 258 g/mol. The Kier molecular flexibility index (Phi) is 4.21. The molecule has 4 N–H and O–H groups in total. The summed E-state index contributed by atoms with van der Waals surface area (Å²) in [5.41, 5.74) is 5.21. The molecule has 0 bridgehead atoms. The van der Waals surface area contributed by atoms with Crippen LogP contribution in [0.2, 0.25) is 0 Å². The largest absolute Gasteiger partial charge is 0.392 e. The Bertz CT molecular complexity index is 302. The first-order chi connectivity index (χ1) is 8.64. The van der Waals surface area contributed by atoms with Crippen LogP contribution in [0.5, 0.6) is 0 Å². The van der Waals surface area contributed by atoms with Gasteiger partial charge in [0.1, 0.15) is 6.61 Å². The van der Waals surface area contributed by atoms with Gasteiger partial charge in [0.2, 0.25) is 5.91 Å². The van der Waals surface area contributed by atoms with Crippen LogP contribution in [0.15, 0.2) is 0 Å². The molecule has 2 fully saturated rings. The predicted molar refractivity (Wildman–Crippen MR) is 64.8 cm³/mol. The van der Waals surface area contributed by atoms with Gasteiger partial charge < -0.3 is 25.6 Å². The van der Waals surface area contributed by atoms with E-state index in [4.69, 9.17) is 15.6 Å². The summed E-state index contributed by atoms with van der Waals surface area (Å²) >= 11 is 0. The fourth-order valence-corrected chi connectivity index (χ4v) is 3.10. The van der Waals surface area contributed by atoms with Crippen LogP contribution in [-0.4, -0.2) is 66.1 Å². The SMILES string of the molecule is NCCO[C@H]1C[C@@H](O)C12CCN(C(=O)CO)CC2. The summed E-state index contributed by atoms with van der Waals surface area (Å²) in [6, 6.07) is 0. The summed E-state index contributed by atoms with van der Waals surface area (Å²) in [6.45, 7) is 1.72. The van der Waals surface area contributed by atoms with Crippen molar-refractivity contribution in [2.24, 2.45) is 11.1 Å². The summed E-state index contributed by atoms with van der Waals surface area (Å²) < 4.78 is 5.68. The average Bonchev–Trinajstić information content (AvgIpc) is 2.42. The van der Waals surface area contributed by atoms with Crippen LogP contribution in [0, 0.1) is 5.41 Å². The van der Waals surface area contributed by atoms with Crippen molar-refractivity contribution >= 4 is 5.91 Å². The zero-order chi connectivity index (χ0) is 13.2. The van der Waals surface area contributed by atoms with Gasteiger partial charge in [-0.05, 0) is 12.8 Å². The van der Waals surface area contributed by atoms with Gasteiger partial charge in [0.25, 0.3) is 0 Å². The number of rotatable bonds is 4. The standard InChI is InChI=1S/C12H22N2O4/c13-3-6-18-10-7-9(16)12(10)1-4-14(5-2-12)11(17)8-15/h9-10,15-16H,1-8,13H2/t9-,10+/m1/s1. The van der Waals surface area contributed by atoms with Crippen molar-refractivity contribution in [1.82, 2.24) is 4.90 Å². The molecule has 104 valence electrons. The number of piperidine rings is 1. The molecule has 1 spiro atoms. The van der Waals surface area contributed by atoms with Gasteiger partial charge in [-0.2, -0.15) is 0 Å². The average molecular weight is 258 g/mol. The topological polar surface area (TPSA) is 96.0 Å². The summed E-state index contributed by atoms with van der Waals surface area (Å²) in [7, 11) is 0. The molecule has 1 saturated heterocycles. The fraction of sp³-hybridized carbons (Fsp3) is 0.917. The second-order valence-corrected chi connectivity index (χ2v) is 5.17. The smallest absolute Gasteiger partial charge is 0.248 e. The Morgan fingerprint density at radius 3 is 2.61 bits per heavy atom. The molecule has 0 unspecified atom stereocenters. The lowest BCUT2D eigenvalue weighted by Crippen LogP contribution is -2.63. The Balaban J connectivity index is 1.91. The minimum Gasteiger partial charge on any atom is -0.392 e. The van der Waals surface area contributed by atoms with Crippen molar-refractivity contribution < 1.29 is 19.7 Å². The first-order valence-corrected chi connectivity index (χ1v) is 6.52. The molecule has 2 aliphatic rings. The molecule has 6 nitrogen and oxygen atoms in total. The molecule has 6 heteroatoms. The molecule has 18 heavy (non-hydrogen) atoms. The van der Waals surface area contributed by atoms with Crippen LogP contribution in [0.4, 0.5) is 0 Å². The highest BCUT2D eigenvalue weighted by Crippen LogP contribution is 2.50. The lowest BCUT2D eigenvalue weighted by atomic mass is 9.58.